The fraction of sp³-hybridized carbons (Fsp3) is 0.438. The summed E-state index contributed by atoms with van der Waals surface area (Å²) in [6.07, 6.45) is 5.46. The topological polar surface area (TPSA) is 48.1 Å². The van der Waals surface area contributed by atoms with Crippen molar-refractivity contribution in [1.82, 2.24) is 4.98 Å². The smallest absolute Gasteiger partial charge is 0.119 e. The molecule has 0 spiro atoms. The third-order valence-corrected chi connectivity index (χ3v) is 4.95. The Morgan fingerprint density at radius 1 is 1.30 bits per heavy atom. The molecule has 1 aliphatic carbocycles. The van der Waals surface area contributed by atoms with Crippen molar-refractivity contribution in [3.8, 4) is 17.0 Å². The van der Waals surface area contributed by atoms with Gasteiger partial charge >= 0.3 is 0 Å². The summed E-state index contributed by atoms with van der Waals surface area (Å²) in [6.45, 7) is 0.772. The number of rotatable bonds is 5. The van der Waals surface area contributed by atoms with E-state index >= 15 is 0 Å². The van der Waals surface area contributed by atoms with Crippen LogP contribution in [0.15, 0.2) is 18.2 Å². The lowest BCUT2D eigenvalue weighted by molar-refractivity contribution is 0.414. The Labute approximate surface area is 123 Å². The standard InChI is InChI=1S/C16H20N2OS/c1-19-12-6-7-13-11(10-12)5-8-14-16(13)18-15(20-14)4-2-3-9-17/h6-7,10H,2-5,8-9,17H2,1H3. The van der Waals surface area contributed by atoms with Gasteiger partial charge in [-0.1, -0.05) is 0 Å². The molecule has 0 bridgehead atoms. The molecule has 3 rings (SSSR count). The first-order valence-corrected chi connectivity index (χ1v) is 7.99. The van der Waals surface area contributed by atoms with Crippen LogP contribution in [0.3, 0.4) is 0 Å². The minimum absolute atomic E-state index is 0.772. The Kier molecular flexibility index (Phi) is 4.03. The first-order valence-electron chi connectivity index (χ1n) is 7.17. The van der Waals surface area contributed by atoms with Crippen LogP contribution in [0, 0.1) is 0 Å². The lowest BCUT2D eigenvalue weighted by atomic mass is 9.93. The molecule has 1 aliphatic rings. The fourth-order valence-electron chi connectivity index (χ4n) is 2.69. The van der Waals surface area contributed by atoms with Crippen molar-refractivity contribution in [3.63, 3.8) is 0 Å². The number of thiazole rings is 1. The molecule has 1 heterocycles. The van der Waals surface area contributed by atoms with Crippen molar-refractivity contribution in [3.05, 3.63) is 33.6 Å². The minimum Gasteiger partial charge on any atom is -0.497 e. The second kappa shape index (κ2) is 5.94. The molecule has 0 unspecified atom stereocenters. The molecule has 0 aliphatic heterocycles. The number of hydrogen-bond acceptors (Lipinski definition) is 4. The summed E-state index contributed by atoms with van der Waals surface area (Å²) in [5, 5.41) is 1.26. The van der Waals surface area contributed by atoms with E-state index in [0.29, 0.717) is 0 Å². The van der Waals surface area contributed by atoms with Crippen molar-refractivity contribution >= 4 is 11.3 Å². The number of unbranched alkanes of at least 4 members (excludes halogenated alkanes) is 1. The number of aromatic nitrogens is 1. The van der Waals surface area contributed by atoms with E-state index in [9.17, 15) is 0 Å². The molecule has 0 radical (unpaired) electrons. The summed E-state index contributed by atoms with van der Waals surface area (Å²) in [5.74, 6) is 0.936. The molecule has 2 N–H and O–H groups in total. The summed E-state index contributed by atoms with van der Waals surface area (Å²) < 4.78 is 5.31. The highest BCUT2D eigenvalue weighted by atomic mass is 32.1. The summed E-state index contributed by atoms with van der Waals surface area (Å²) in [7, 11) is 1.72. The van der Waals surface area contributed by atoms with Crippen LogP contribution in [0.2, 0.25) is 0 Å². The normalized spacial score (nSPS) is 12.9. The Balaban J connectivity index is 1.87. The van der Waals surface area contributed by atoms with E-state index in [1.54, 1.807) is 7.11 Å². The van der Waals surface area contributed by atoms with E-state index in [1.807, 2.05) is 17.4 Å². The molecule has 0 saturated heterocycles. The van der Waals surface area contributed by atoms with Crippen LogP contribution in [0.1, 0.15) is 28.3 Å². The zero-order valence-corrected chi connectivity index (χ0v) is 12.6. The average molecular weight is 288 g/mol. The maximum absolute atomic E-state index is 5.55. The molecule has 0 saturated carbocycles. The monoisotopic (exact) mass is 288 g/mol. The molecule has 2 aromatic rings. The molecule has 20 heavy (non-hydrogen) atoms. The van der Waals surface area contributed by atoms with Gasteiger partial charge in [0.2, 0.25) is 0 Å². The van der Waals surface area contributed by atoms with Gasteiger partial charge in [-0.05, 0) is 62.4 Å². The zero-order chi connectivity index (χ0) is 13.9. The van der Waals surface area contributed by atoms with Crippen LogP contribution in [-0.2, 0) is 19.3 Å². The highest BCUT2D eigenvalue weighted by Crippen LogP contribution is 2.38. The molecule has 106 valence electrons. The first-order chi connectivity index (χ1) is 9.81. The Morgan fingerprint density at radius 3 is 3.00 bits per heavy atom. The second-order valence-electron chi connectivity index (χ2n) is 5.15. The molecule has 0 amide bonds. The van der Waals surface area contributed by atoms with Crippen LogP contribution >= 0.6 is 11.3 Å². The van der Waals surface area contributed by atoms with Crippen molar-refractivity contribution in [2.45, 2.75) is 32.1 Å². The van der Waals surface area contributed by atoms with Gasteiger partial charge in [-0.3, -0.25) is 0 Å². The SMILES string of the molecule is COc1ccc2c(c1)CCc1sc(CCCCN)nc1-2. The van der Waals surface area contributed by atoms with Gasteiger partial charge in [0.1, 0.15) is 5.75 Å². The van der Waals surface area contributed by atoms with Crippen LogP contribution in [0.5, 0.6) is 5.75 Å². The van der Waals surface area contributed by atoms with Crippen LogP contribution < -0.4 is 10.5 Å². The molecular weight excluding hydrogens is 268 g/mol. The second-order valence-corrected chi connectivity index (χ2v) is 6.32. The van der Waals surface area contributed by atoms with Gasteiger partial charge in [-0.2, -0.15) is 0 Å². The fourth-order valence-corrected chi connectivity index (χ4v) is 3.82. The summed E-state index contributed by atoms with van der Waals surface area (Å²) in [4.78, 5) is 6.29. The third kappa shape index (κ3) is 2.58. The van der Waals surface area contributed by atoms with E-state index in [1.165, 1.54) is 26.7 Å². The zero-order valence-electron chi connectivity index (χ0n) is 11.8. The van der Waals surface area contributed by atoms with E-state index in [4.69, 9.17) is 15.5 Å². The van der Waals surface area contributed by atoms with Crippen molar-refractivity contribution in [2.75, 3.05) is 13.7 Å². The number of aryl methyl sites for hydroxylation is 3. The predicted octanol–water partition coefficient (Wildman–Crippen LogP) is 3.20. The van der Waals surface area contributed by atoms with Crippen LogP contribution in [-0.4, -0.2) is 18.6 Å². The van der Waals surface area contributed by atoms with E-state index in [-0.39, 0.29) is 0 Å². The maximum Gasteiger partial charge on any atom is 0.119 e. The van der Waals surface area contributed by atoms with Crippen molar-refractivity contribution in [2.24, 2.45) is 5.73 Å². The van der Waals surface area contributed by atoms with E-state index < -0.39 is 0 Å². The minimum atomic E-state index is 0.772. The lowest BCUT2D eigenvalue weighted by Gasteiger charge is -2.15. The molecule has 1 aromatic carbocycles. The summed E-state index contributed by atoms with van der Waals surface area (Å²) >= 11 is 1.88. The van der Waals surface area contributed by atoms with Crippen LogP contribution in [0.25, 0.3) is 11.3 Å². The Morgan fingerprint density at radius 2 is 2.20 bits per heavy atom. The van der Waals surface area contributed by atoms with Gasteiger partial charge in [-0.25, -0.2) is 4.98 Å². The van der Waals surface area contributed by atoms with Crippen molar-refractivity contribution < 1.29 is 4.74 Å². The van der Waals surface area contributed by atoms with Crippen LogP contribution in [0.4, 0.5) is 0 Å². The number of ether oxygens (including phenoxy) is 1. The first kappa shape index (κ1) is 13.6. The number of hydrogen-bond donors (Lipinski definition) is 1. The van der Waals surface area contributed by atoms with Gasteiger partial charge in [0.25, 0.3) is 0 Å². The molecule has 3 nitrogen and oxygen atoms in total. The molecule has 1 aromatic heterocycles. The van der Waals surface area contributed by atoms with Crippen molar-refractivity contribution in [1.29, 1.82) is 0 Å². The van der Waals surface area contributed by atoms with Gasteiger partial charge in [-0.15, -0.1) is 11.3 Å². The largest absolute Gasteiger partial charge is 0.497 e. The third-order valence-electron chi connectivity index (χ3n) is 3.78. The number of nitrogens with zero attached hydrogens (tertiary/aromatic N) is 1. The molecule has 4 heteroatoms. The highest BCUT2D eigenvalue weighted by Gasteiger charge is 2.21. The van der Waals surface area contributed by atoms with Gasteiger partial charge in [0.15, 0.2) is 0 Å². The Bertz CT molecular complexity index is 607. The number of methoxy groups -OCH3 is 1. The average Bonchev–Trinajstić information content (AvgIpc) is 2.90. The van der Waals surface area contributed by atoms with Gasteiger partial charge in [0.05, 0.1) is 17.8 Å². The predicted molar refractivity (Wildman–Crippen MR) is 83.5 cm³/mol. The summed E-state index contributed by atoms with van der Waals surface area (Å²) in [6, 6.07) is 6.32. The summed E-state index contributed by atoms with van der Waals surface area (Å²) in [5.41, 5.74) is 9.39. The number of nitrogens with two attached hydrogens (primary N) is 1. The maximum atomic E-state index is 5.55. The molecule has 0 atom stereocenters. The van der Waals surface area contributed by atoms with E-state index in [0.717, 1.165) is 44.4 Å². The quantitative estimate of drug-likeness (QED) is 0.860. The lowest BCUT2D eigenvalue weighted by Crippen LogP contribution is -2.02. The van der Waals surface area contributed by atoms with Gasteiger partial charge < -0.3 is 10.5 Å². The Hall–Kier alpha value is -1.39. The molecule has 0 fully saturated rings. The van der Waals surface area contributed by atoms with Gasteiger partial charge in [0, 0.05) is 10.4 Å². The number of fused-ring (bicyclic) bond motifs is 3. The number of benzene rings is 1. The molecular formula is C16H20N2OS. The van der Waals surface area contributed by atoms with E-state index in [2.05, 4.69) is 12.1 Å². The highest BCUT2D eigenvalue weighted by molar-refractivity contribution is 7.12.